The van der Waals surface area contributed by atoms with E-state index in [0.717, 1.165) is 24.6 Å². The molecule has 0 spiro atoms. The summed E-state index contributed by atoms with van der Waals surface area (Å²) in [5.74, 6) is 0.178. The van der Waals surface area contributed by atoms with E-state index >= 15 is 0 Å². The molecular weight excluding hydrogens is 367 g/mol. The summed E-state index contributed by atoms with van der Waals surface area (Å²) < 4.78 is 20.2. The minimum absolute atomic E-state index is 0.0747. The number of piperidine rings is 1. The second-order valence-electron chi connectivity index (χ2n) is 6.71. The summed E-state index contributed by atoms with van der Waals surface area (Å²) in [6, 6.07) is 6.33. The molecule has 2 atom stereocenters. The van der Waals surface area contributed by atoms with Gasteiger partial charge >= 0.3 is 5.97 Å². The van der Waals surface area contributed by atoms with Crippen molar-refractivity contribution in [2.24, 2.45) is 0 Å². The lowest BCUT2D eigenvalue weighted by molar-refractivity contribution is -0.139. The Kier molecular flexibility index (Phi) is 6.49. The van der Waals surface area contributed by atoms with Crippen molar-refractivity contribution in [2.45, 2.75) is 49.6 Å². The molecule has 1 fully saturated rings. The molecule has 1 aliphatic rings. The number of rotatable bonds is 6. The molecule has 1 aromatic carbocycles. The summed E-state index contributed by atoms with van der Waals surface area (Å²) in [7, 11) is 1.37. The zero-order valence-corrected chi connectivity index (χ0v) is 16.7. The van der Waals surface area contributed by atoms with E-state index in [4.69, 9.17) is 4.74 Å². The van der Waals surface area contributed by atoms with Crippen LogP contribution in [0.15, 0.2) is 29.4 Å². The number of hydrogen-bond donors (Lipinski definition) is 0. The molecule has 0 radical (unpaired) electrons. The van der Waals surface area contributed by atoms with Crippen LogP contribution in [0.3, 0.4) is 0 Å². The first-order valence-corrected chi connectivity index (χ1v) is 10.1. The van der Waals surface area contributed by atoms with Gasteiger partial charge in [-0.15, -0.1) is 10.2 Å². The number of thioether (sulfide) groups is 1. The van der Waals surface area contributed by atoms with Crippen LogP contribution in [0.2, 0.25) is 0 Å². The Morgan fingerprint density at radius 3 is 2.44 bits per heavy atom. The van der Waals surface area contributed by atoms with Crippen LogP contribution in [0, 0.1) is 5.82 Å². The van der Waals surface area contributed by atoms with Crippen LogP contribution in [0.25, 0.3) is 5.69 Å². The number of carbonyl (C=O) groups is 1. The van der Waals surface area contributed by atoms with Crippen molar-refractivity contribution in [3.8, 4) is 5.69 Å². The molecule has 0 bridgehead atoms. The third-order valence-corrected chi connectivity index (χ3v) is 5.89. The van der Waals surface area contributed by atoms with Crippen LogP contribution in [0.1, 0.15) is 45.0 Å². The highest BCUT2D eigenvalue weighted by Crippen LogP contribution is 2.31. The van der Waals surface area contributed by atoms with Crippen molar-refractivity contribution >= 4 is 17.7 Å². The van der Waals surface area contributed by atoms with Crippen LogP contribution in [0.4, 0.5) is 4.39 Å². The topological polar surface area (TPSA) is 60.2 Å². The Balaban J connectivity index is 1.97. The van der Waals surface area contributed by atoms with Gasteiger partial charge in [-0.3, -0.25) is 14.3 Å². The van der Waals surface area contributed by atoms with E-state index in [1.54, 1.807) is 19.1 Å². The molecule has 1 aromatic heterocycles. The average molecular weight is 393 g/mol. The highest BCUT2D eigenvalue weighted by molar-refractivity contribution is 8.00. The average Bonchev–Trinajstić information content (AvgIpc) is 3.11. The highest BCUT2D eigenvalue weighted by atomic mass is 32.2. The van der Waals surface area contributed by atoms with Crippen molar-refractivity contribution in [3.63, 3.8) is 0 Å². The number of halogens is 1. The second-order valence-corrected chi connectivity index (χ2v) is 8.02. The normalized spacial score (nSPS) is 17.5. The maximum absolute atomic E-state index is 13.4. The van der Waals surface area contributed by atoms with E-state index in [2.05, 4.69) is 22.0 Å². The van der Waals surface area contributed by atoms with Crippen LogP contribution < -0.4 is 0 Å². The summed E-state index contributed by atoms with van der Waals surface area (Å²) in [6.07, 6.45) is 3.61. The number of ether oxygens (including phenoxy) is 1. The van der Waals surface area contributed by atoms with Gasteiger partial charge in [0, 0.05) is 5.69 Å². The predicted octanol–water partition coefficient (Wildman–Crippen LogP) is 3.61. The lowest BCUT2D eigenvalue weighted by Crippen LogP contribution is -2.33. The first-order chi connectivity index (χ1) is 13.0. The Hall–Kier alpha value is -1.93. The molecular formula is C19H25FN4O2S. The van der Waals surface area contributed by atoms with E-state index in [1.807, 2.05) is 4.57 Å². The minimum Gasteiger partial charge on any atom is -0.468 e. The van der Waals surface area contributed by atoms with E-state index in [-0.39, 0.29) is 17.8 Å². The fourth-order valence-electron chi connectivity index (χ4n) is 3.30. The van der Waals surface area contributed by atoms with E-state index in [0.29, 0.717) is 5.16 Å². The van der Waals surface area contributed by atoms with Crippen molar-refractivity contribution in [3.05, 3.63) is 35.9 Å². The molecule has 0 amide bonds. The molecule has 0 saturated carbocycles. The first kappa shape index (κ1) is 19.8. The van der Waals surface area contributed by atoms with Crippen molar-refractivity contribution in [1.29, 1.82) is 0 Å². The highest BCUT2D eigenvalue weighted by Gasteiger charge is 2.27. The quantitative estimate of drug-likeness (QED) is 0.553. The standard InChI is InChI=1S/C19H25FN4O2S/c1-13(23-11-5-4-6-12-23)17-21-22-19(27-14(2)18(25)26-3)24(17)16-9-7-15(20)8-10-16/h7-10,13-14H,4-6,11-12H2,1-3H3. The van der Waals surface area contributed by atoms with Crippen LogP contribution in [-0.4, -0.2) is 51.1 Å². The van der Waals surface area contributed by atoms with Gasteiger partial charge < -0.3 is 4.74 Å². The smallest absolute Gasteiger partial charge is 0.318 e. The van der Waals surface area contributed by atoms with Crippen molar-refractivity contribution in [1.82, 2.24) is 19.7 Å². The Morgan fingerprint density at radius 2 is 1.81 bits per heavy atom. The first-order valence-electron chi connectivity index (χ1n) is 9.21. The van der Waals surface area contributed by atoms with Gasteiger partial charge in [-0.05, 0) is 64.0 Å². The Morgan fingerprint density at radius 1 is 1.15 bits per heavy atom. The fourth-order valence-corrected chi connectivity index (χ4v) is 4.20. The molecule has 2 unspecified atom stereocenters. The van der Waals surface area contributed by atoms with Gasteiger partial charge in [0.25, 0.3) is 0 Å². The Bertz CT molecular complexity index is 775. The Labute approximate surface area is 163 Å². The van der Waals surface area contributed by atoms with Crippen LogP contribution in [0.5, 0.6) is 0 Å². The minimum atomic E-state index is -0.420. The summed E-state index contributed by atoms with van der Waals surface area (Å²) in [6.45, 7) is 5.94. The number of hydrogen-bond acceptors (Lipinski definition) is 6. The number of likely N-dealkylation sites (tertiary alicyclic amines) is 1. The number of benzene rings is 1. The van der Waals surface area contributed by atoms with E-state index in [1.165, 1.54) is 50.3 Å². The van der Waals surface area contributed by atoms with Crippen LogP contribution >= 0.6 is 11.8 Å². The van der Waals surface area contributed by atoms with Gasteiger partial charge in [-0.1, -0.05) is 18.2 Å². The lowest BCUT2D eigenvalue weighted by atomic mass is 10.1. The van der Waals surface area contributed by atoms with Gasteiger partial charge in [-0.25, -0.2) is 4.39 Å². The summed E-state index contributed by atoms with van der Waals surface area (Å²) in [5, 5.41) is 8.94. The zero-order valence-electron chi connectivity index (χ0n) is 15.9. The van der Waals surface area contributed by atoms with Gasteiger partial charge in [0.15, 0.2) is 11.0 Å². The molecule has 6 nitrogen and oxygen atoms in total. The number of nitrogens with zero attached hydrogens (tertiary/aromatic N) is 4. The van der Waals surface area contributed by atoms with Gasteiger partial charge in [0.2, 0.25) is 0 Å². The van der Waals surface area contributed by atoms with Gasteiger partial charge in [0.05, 0.1) is 13.2 Å². The fraction of sp³-hybridized carbons (Fsp3) is 0.526. The zero-order chi connectivity index (χ0) is 19.4. The van der Waals surface area contributed by atoms with E-state index < -0.39 is 5.25 Å². The van der Waals surface area contributed by atoms with Gasteiger partial charge in [0.1, 0.15) is 11.1 Å². The molecule has 27 heavy (non-hydrogen) atoms. The van der Waals surface area contributed by atoms with Gasteiger partial charge in [-0.2, -0.15) is 0 Å². The van der Waals surface area contributed by atoms with Crippen LogP contribution in [-0.2, 0) is 9.53 Å². The molecule has 0 N–H and O–H groups in total. The lowest BCUT2D eigenvalue weighted by Gasteiger charge is -2.31. The maximum atomic E-state index is 13.4. The molecule has 2 heterocycles. The molecule has 0 aliphatic carbocycles. The largest absolute Gasteiger partial charge is 0.468 e. The monoisotopic (exact) mass is 392 g/mol. The summed E-state index contributed by atoms with van der Waals surface area (Å²) in [5.41, 5.74) is 0.778. The summed E-state index contributed by atoms with van der Waals surface area (Å²) >= 11 is 1.29. The third-order valence-electron chi connectivity index (χ3n) is 4.87. The van der Waals surface area contributed by atoms with Crippen molar-refractivity contribution in [2.75, 3.05) is 20.2 Å². The number of esters is 1. The molecule has 2 aromatic rings. The number of aromatic nitrogens is 3. The SMILES string of the molecule is COC(=O)C(C)Sc1nnc(C(C)N2CCCCC2)n1-c1ccc(F)cc1. The van der Waals surface area contributed by atoms with Crippen molar-refractivity contribution < 1.29 is 13.9 Å². The molecule has 3 rings (SSSR count). The predicted molar refractivity (Wildman–Crippen MR) is 102 cm³/mol. The third kappa shape index (κ3) is 4.50. The number of carbonyl (C=O) groups excluding carboxylic acids is 1. The number of methoxy groups -OCH3 is 1. The summed E-state index contributed by atoms with van der Waals surface area (Å²) in [4.78, 5) is 14.2. The molecule has 1 aliphatic heterocycles. The molecule has 1 saturated heterocycles. The maximum Gasteiger partial charge on any atom is 0.318 e. The second kappa shape index (κ2) is 8.84. The molecule has 8 heteroatoms. The molecule has 146 valence electrons. The van der Waals surface area contributed by atoms with E-state index in [9.17, 15) is 9.18 Å².